The third-order valence-corrected chi connectivity index (χ3v) is 3.08. The van der Waals surface area contributed by atoms with Gasteiger partial charge in [-0.3, -0.25) is 0 Å². The van der Waals surface area contributed by atoms with Crippen LogP contribution >= 0.6 is 11.6 Å². The molecule has 1 aromatic carbocycles. The molecule has 0 saturated carbocycles. The van der Waals surface area contributed by atoms with Crippen molar-refractivity contribution in [3.8, 4) is 0 Å². The smallest absolute Gasteiger partial charge is 0.172 e. The average Bonchev–Trinajstić information content (AvgIpc) is 2.39. The molecule has 0 fully saturated rings. The molecule has 5 heteroatoms. The predicted octanol–water partition coefficient (Wildman–Crippen LogP) is 3.06. The zero-order chi connectivity index (χ0) is 13.5. The number of hydrogen-bond acceptors (Lipinski definition) is 3. The summed E-state index contributed by atoms with van der Waals surface area (Å²) in [6, 6.07) is 5.38. The molecule has 0 aromatic heterocycles. The van der Waals surface area contributed by atoms with E-state index < -0.39 is 0 Å². The van der Waals surface area contributed by atoms with Gasteiger partial charge in [0.05, 0.1) is 0 Å². The fraction of sp³-hybridized carbons (Fsp3) is 0.462. The van der Waals surface area contributed by atoms with E-state index in [1.54, 1.807) is 12.1 Å². The molecule has 4 nitrogen and oxygen atoms in total. The summed E-state index contributed by atoms with van der Waals surface area (Å²) in [5, 5.41) is 12.5. The topological polar surface area (TPSA) is 61.8 Å². The van der Waals surface area contributed by atoms with Crippen molar-refractivity contribution < 1.29 is 5.21 Å². The third kappa shape index (κ3) is 3.53. The summed E-state index contributed by atoms with van der Waals surface area (Å²) < 4.78 is 0. The number of nitrogens with two attached hydrogens (primary N) is 1. The highest BCUT2D eigenvalue weighted by Crippen LogP contribution is 2.25. The third-order valence-electron chi connectivity index (χ3n) is 2.85. The Hall–Kier alpha value is -1.42. The summed E-state index contributed by atoms with van der Waals surface area (Å²) in [5.74, 6) is 0.108. The van der Waals surface area contributed by atoms with E-state index in [9.17, 15) is 0 Å². The van der Waals surface area contributed by atoms with Gasteiger partial charge in [0.2, 0.25) is 0 Å². The summed E-state index contributed by atoms with van der Waals surface area (Å²) in [6.07, 6.45) is 2.21. The summed E-state index contributed by atoms with van der Waals surface area (Å²) in [4.78, 5) is 2.18. The average molecular weight is 270 g/mol. The van der Waals surface area contributed by atoms with E-state index >= 15 is 0 Å². The molecule has 0 spiro atoms. The van der Waals surface area contributed by atoms with E-state index in [-0.39, 0.29) is 5.84 Å². The molecule has 0 saturated heterocycles. The Morgan fingerprint density at radius 2 is 2.17 bits per heavy atom. The van der Waals surface area contributed by atoms with E-state index in [1.165, 1.54) is 0 Å². The molecule has 0 aliphatic heterocycles. The fourth-order valence-electron chi connectivity index (χ4n) is 1.83. The van der Waals surface area contributed by atoms with Gasteiger partial charge >= 0.3 is 0 Å². The van der Waals surface area contributed by atoms with Crippen LogP contribution in [-0.2, 0) is 0 Å². The van der Waals surface area contributed by atoms with Crippen molar-refractivity contribution >= 4 is 23.1 Å². The van der Waals surface area contributed by atoms with Crippen LogP contribution in [0.5, 0.6) is 0 Å². The second-order valence-electron chi connectivity index (χ2n) is 4.08. The second kappa shape index (κ2) is 7.11. The molecule has 18 heavy (non-hydrogen) atoms. The first-order chi connectivity index (χ1) is 8.63. The van der Waals surface area contributed by atoms with Crippen LogP contribution in [0.4, 0.5) is 5.69 Å². The Morgan fingerprint density at radius 3 is 2.72 bits per heavy atom. The molecular formula is C13H20ClN3O. The maximum atomic E-state index is 8.82. The number of oxime groups is 1. The first-order valence-electron chi connectivity index (χ1n) is 6.16. The number of amidine groups is 1. The zero-order valence-corrected chi connectivity index (χ0v) is 11.6. The number of hydrogen-bond donors (Lipinski definition) is 2. The molecule has 0 unspecified atom stereocenters. The highest BCUT2D eigenvalue weighted by Gasteiger charge is 2.13. The van der Waals surface area contributed by atoms with Gasteiger partial charge in [0.1, 0.15) is 0 Å². The summed E-state index contributed by atoms with van der Waals surface area (Å²) in [5.41, 5.74) is 7.32. The first kappa shape index (κ1) is 14.6. The van der Waals surface area contributed by atoms with Gasteiger partial charge < -0.3 is 15.8 Å². The monoisotopic (exact) mass is 269 g/mol. The van der Waals surface area contributed by atoms with Gasteiger partial charge in [0.15, 0.2) is 5.84 Å². The Bertz CT molecular complexity index is 421. The molecule has 0 heterocycles. The number of rotatable bonds is 6. The largest absolute Gasteiger partial charge is 0.409 e. The van der Waals surface area contributed by atoms with Crippen molar-refractivity contribution in [2.75, 3.05) is 18.0 Å². The summed E-state index contributed by atoms with van der Waals surface area (Å²) in [7, 11) is 0. The van der Waals surface area contributed by atoms with Crippen molar-refractivity contribution in [2.24, 2.45) is 10.9 Å². The molecule has 0 radical (unpaired) electrons. The lowest BCUT2D eigenvalue weighted by Gasteiger charge is -2.25. The predicted molar refractivity (Wildman–Crippen MR) is 76.8 cm³/mol. The van der Waals surface area contributed by atoms with Crippen LogP contribution in [0.3, 0.4) is 0 Å². The highest BCUT2D eigenvalue weighted by atomic mass is 35.5. The van der Waals surface area contributed by atoms with Crippen LogP contribution in [0.1, 0.15) is 32.3 Å². The highest BCUT2D eigenvalue weighted by molar-refractivity contribution is 6.31. The van der Waals surface area contributed by atoms with Gasteiger partial charge in [-0.25, -0.2) is 0 Å². The molecule has 1 rings (SSSR count). The van der Waals surface area contributed by atoms with E-state index in [0.29, 0.717) is 10.6 Å². The van der Waals surface area contributed by atoms with Gasteiger partial charge in [0, 0.05) is 29.4 Å². The molecule has 3 N–H and O–H groups in total. The Labute approximate surface area is 113 Å². The zero-order valence-electron chi connectivity index (χ0n) is 10.9. The summed E-state index contributed by atoms with van der Waals surface area (Å²) in [6.45, 7) is 6.01. The van der Waals surface area contributed by atoms with Gasteiger partial charge in [-0.05, 0) is 31.5 Å². The lowest BCUT2D eigenvalue weighted by atomic mass is 10.1. The van der Waals surface area contributed by atoms with Crippen LogP contribution in [0.25, 0.3) is 0 Å². The fourth-order valence-corrected chi connectivity index (χ4v) is 2.00. The number of benzene rings is 1. The lowest BCUT2D eigenvalue weighted by Crippen LogP contribution is -2.27. The van der Waals surface area contributed by atoms with E-state index in [0.717, 1.165) is 31.6 Å². The first-order valence-corrected chi connectivity index (χ1v) is 6.54. The van der Waals surface area contributed by atoms with Gasteiger partial charge in [-0.2, -0.15) is 0 Å². The van der Waals surface area contributed by atoms with Crippen LogP contribution in [0, 0.1) is 0 Å². The van der Waals surface area contributed by atoms with Crippen LogP contribution in [-0.4, -0.2) is 24.1 Å². The molecule has 0 amide bonds. The molecular weight excluding hydrogens is 250 g/mol. The van der Waals surface area contributed by atoms with Crippen molar-refractivity contribution in [1.82, 2.24) is 0 Å². The molecule has 0 aliphatic rings. The maximum Gasteiger partial charge on any atom is 0.172 e. The SMILES string of the molecule is CCCCN(CC)c1cc(Cl)ccc1/C(N)=N/O. The van der Waals surface area contributed by atoms with Crippen molar-refractivity contribution in [3.63, 3.8) is 0 Å². The standard InChI is InChI=1S/C13H20ClN3O/c1-3-5-8-17(4-2)12-9-10(14)6-7-11(12)13(15)16-18/h6-7,9,18H,3-5,8H2,1-2H3,(H2,15,16). The minimum atomic E-state index is 0.108. The minimum absolute atomic E-state index is 0.108. The second-order valence-corrected chi connectivity index (χ2v) is 4.52. The number of nitrogens with zero attached hydrogens (tertiary/aromatic N) is 2. The molecule has 0 aliphatic carbocycles. The van der Waals surface area contributed by atoms with Crippen LogP contribution in [0.15, 0.2) is 23.4 Å². The van der Waals surface area contributed by atoms with Crippen molar-refractivity contribution in [1.29, 1.82) is 0 Å². The van der Waals surface area contributed by atoms with Gasteiger partial charge in [-0.15, -0.1) is 0 Å². The Morgan fingerprint density at radius 1 is 1.44 bits per heavy atom. The lowest BCUT2D eigenvalue weighted by molar-refractivity contribution is 0.318. The van der Waals surface area contributed by atoms with Crippen LogP contribution < -0.4 is 10.6 Å². The number of anilines is 1. The normalized spacial score (nSPS) is 11.6. The number of halogens is 1. The maximum absolute atomic E-state index is 8.82. The van der Waals surface area contributed by atoms with Gasteiger partial charge in [0.25, 0.3) is 0 Å². The molecule has 0 bridgehead atoms. The Balaban J connectivity index is 3.13. The molecule has 1 aromatic rings. The number of unbranched alkanes of at least 4 members (excludes halogenated alkanes) is 1. The Kier molecular flexibility index (Phi) is 5.78. The van der Waals surface area contributed by atoms with E-state index in [1.807, 2.05) is 6.07 Å². The van der Waals surface area contributed by atoms with Gasteiger partial charge in [-0.1, -0.05) is 30.1 Å². The van der Waals surface area contributed by atoms with Crippen LogP contribution in [0.2, 0.25) is 5.02 Å². The molecule has 100 valence electrons. The minimum Gasteiger partial charge on any atom is -0.409 e. The van der Waals surface area contributed by atoms with Crippen molar-refractivity contribution in [3.05, 3.63) is 28.8 Å². The molecule has 0 atom stereocenters. The van der Waals surface area contributed by atoms with E-state index in [4.69, 9.17) is 22.5 Å². The van der Waals surface area contributed by atoms with E-state index in [2.05, 4.69) is 23.9 Å². The van der Waals surface area contributed by atoms with Crippen molar-refractivity contribution in [2.45, 2.75) is 26.7 Å². The quantitative estimate of drug-likeness (QED) is 0.361. The summed E-state index contributed by atoms with van der Waals surface area (Å²) >= 11 is 6.03.